The molecule has 0 spiro atoms. The van der Waals surface area contributed by atoms with E-state index in [1.54, 1.807) is 0 Å². The van der Waals surface area contributed by atoms with Crippen LogP contribution in [0.4, 0.5) is 5.69 Å². The Morgan fingerprint density at radius 2 is 2.06 bits per heavy atom. The lowest BCUT2D eigenvalue weighted by Gasteiger charge is -2.37. The van der Waals surface area contributed by atoms with Crippen LogP contribution in [0.1, 0.15) is 31.2 Å². The molecular formula is C13H16Br2N2. The molecule has 1 fully saturated rings. The van der Waals surface area contributed by atoms with Crippen molar-refractivity contribution in [1.29, 1.82) is 0 Å². The van der Waals surface area contributed by atoms with Gasteiger partial charge in [0.15, 0.2) is 0 Å². The molecule has 1 unspecified atom stereocenters. The quantitative estimate of drug-likeness (QED) is 0.741. The molecular weight excluding hydrogens is 344 g/mol. The lowest BCUT2D eigenvalue weighted by Crippen LogP contribution is -2.43. The maximum absolute atomic E-state index is 3.69. The summed E-state index contributed by atoms with van der Waals surface area (Å²) in [4.78, 5) is 2.58. The van der Waals surface area contributed by atoms with E-state index in [2.05, 4.69) is 54.2 Å². The third-order valence-corrected chi connectivity index (χ3v) is 4.77. The molecule has 2 nitrogen and oxygen atoms in total. The zero-order valence-electron chi connectivity index (χ0n) is 9.68. The zero-order chi connectivity index (χ0) is 11.8. The first-order valence-electron chi connectivity index (χ1n) is 6.22. The van der Waals surface area contributed by atoms with Crippen LogP contribution >= 0.6 is 31.9 Å². The maximum atomic E-state index is 3.69. The summed E-state index contributed by atoms with van der Waals surface area (Å²) in [5, 5.41) is 3.69. The van der Waals surface area contributed by atoms with Crippen molar-refractivity contribution in [3.05, 3.63) is 26.6 Å². The summed E-state index contributed by atoms with van der Waals surface area (Å²) in [6.07, 6.45) is 5.85. The molecule has 17 heavy (non-hydrogen) atoms. The van der Waals surface area contributed by atoms with E-state index in [0.717, 1.165) is 11.0 Å². The van der Waals surface area contributed by atoms with E-state index in [4.69, 9.17) is 0 Å². The third kappa shape index (κ3) is 2.40. The van der Waals surface area contributed by atoms with Crippen LogP contribution < -0.4 is 5.32 Å². The van der Waals surface area contributed by atoms with E-state index in [1.165, 1.54) is 48.0 Å². The van der Waals surface area contributed by atoms with Crippen LogP contribution in [0.2, 0.25) is 0 Å². The molecule has 2 aliphatic rings. The summed E-state index contributed by atoms with van der Waals surface area (Å²) >= 11 is 7.23. The minimum atomic E-state index is 0.530. The van der Waals surface area contributed by atoms with E-state index in [0.29, 0.717) is 6.17 Å². The highest BCUT2D eigenvalue weighted by Crippen LogP contribution is 2.37. The van der Waals surface area contributed by atoms with Gasteiger partial charge in [-0.15, -0.1) is 0 Å². The first kappa shape index (κ1) is 12.0. The fourth-order valence-corrected chi connectivity index (χ4v) is 4.25. The van der Waals surface area contributed by atoms with Gasteiger partial charge in [0.05, 0.1) is 11.9 Å². The number of benzene rings is 1. The Morgan fingerprint density at radius 3 is 2.94 bits per heavy atom. The van der Waals surface area contributed by atoms with Crippen LogP contribution in [0.15, 0.2) is 21.1 Å². The largest absolute Gasteiger partial charge is 0.368 e. The van der Waals surface area contributed by atoms with Crippen molar-refractivity contribution in [3.63, 3.8) is 0 Å². The van der Waals surface area contributed by atoms with Gasteiger partial charge in [0.2, 0.25) is 0 Å². The Labute approximate surface area is 119 Å². The first-order chi connectivity index (χ1) is 8.24. The van der Waals surface area contributed by atoms with Gasteiger partial charge in [0, 0.05) is 22.0 Å². The molecule has 2 aliphatic heterocycles. The van der Waals surface area contributed by atoms with Crippen molar-refractivity contribution >= 4 is 37.5 Å². The molecule has 0 aliphatic carbocycles. The van der Waals surface area contributed by atoms with Gasteiger partial charge in [-0.25, -0.2) is 0 Å². The molecule has 1 aromatic carbocycles. The van der Waals surface area contributed by atoms with Crippen molar-refractivity contribution in [2.45, 2.75) is 38.4 Å². The van der Waals surface area contributed by atoms with E-state index >= 15 is 0 Å². The second kappa shape index (κ2) is 4.90. The molecule has 1 aromatic rings. The molecule has 0 aromatic heterocycles. The van der Waals surface area contributed by atoms with Crippen molar-refractivity contribution in [1.82, 2.24) is 4.90 Å². The summed E-state index contributed by atoms with van der Waals surface area (Å²) in [6.45, 7) is 2.30. The summed E-state index contributed by atoms with van der Waals surface area (Å²) in [7, 11) is 0. The average Bonchev–Trinajstić information content (AvgIpc) is 2.51. The van der Waals surface area contributed by atoms with Gasteiger partial charge in [-0.3, -0.25) is 4.90 Å². The summed E-state index contributed by atoms with van der Waals surface area (Å²) in [5.74, 6) is 0. The number of anilines is 1. The van der Waals surface area contributed by atoms with Gasteiger partial charge in [-0.2, -0.15) is 0 Å². The van der Waals surface area contributed by atoms with Crippen LogP contribution in [0.25, 0.3) is 0 Å². The molecule has 92 valence electrons. The number of rotatable bonds is 0. The average molecular weight is 360 g/mol. The third-order valence-electron chi connectivity index (χ3n) is 3.68. The highest BCUT2D eigenvalue weighted by molar-refractivity contribution is 9.11. The van der Waals surface area contributed by atoms with Gasteiger partial charge in [-0.1, -0.05) is 28.8 Å². The predicted octanol–water partition coefficient (Wildman–Crippen LogP) is 4.34. The van der Waals surface area contributed by atoms with E-state index < -0.39 is 0 Å². The SMILES string of the molecule is Brc1cc(Br)c2c(c1)CN1CCCCCC1N2. The number of halogens is 2. The standard InChI is InChI=1S/C13H16Br2N2/c14-10-6-9-8-17-5-3-1-2-4-12(17)16-13(9)11(15)7-10/h6-7,12,16H,1-5,8H2. The first-order valence-corrected chi connectivity index (χ1v) is 7.81. The van der Waals surface area contributed by atoms with Gasteiger partial charge in [0.25, 0.3) is 0 Å². The Bertz CT molecular complexity index is 434. The van der Waals surface area contributed by atoms with Gasteiger partial charge >= 0.3 is 0 Å². The zero-order valence-corrected chi connectivity index (χ0v) is 12.8. The second-order valence-electron chi connectivity index (χ2n) is 4.90. The van der Waals surface area contributed by atoms with E-state index in [-0.39, 0.29) is 0 Å². The van der Waals surface area contributed by atoms with Crippen LogP contribution in [0, 0.1) is 0 Å². The van der Waals surface area contributed by atoms with Crippen LogP contribution in [-0.4, -0.2) is 17.6 Å². The minimum absolute atomic E-state index is 0.530. The van der Waals surface area contributed by atoms with Gasteiger partial charge in [0.1, 0.15) is 0 Å². The van der Waals surface area contributed by atoms with Gasteiger partial charge in [-0.05, 0) is 46.5 Å². The Morgan fingerprint density at radius 1 is 1.18 bits per heavy atom. The highest BCUT2D eigenvalue weighted by Gasteiger charge is 2.27. The Hall–Kier alpha value is -0.0600. The highest BCUT2D eigenvalue weighted by atomic mass is 79.9. The minimum Gasteiger partial charge on any atom is -0.368 e. The van der Waals surface area contributed by atoms with Crippen molar-refractivity contribution < 1.29 is 0 Å². The molecule has 3 rings (SSSR count). The van der Waals surface area contributed by atoms with E-state index in [9.17, 15) is 0 Å². The Balaban J connectivity index is 1.95. The van der Waals surface area contributed by atoms with Crippen molar-refractivity contribution in [3.8, 4) is 0 Å². The second-order valence-corrected chi connectivity index (χ2v) is 6.67. The lowest BCUT2D eigenvalue weighted by molar-refractivity contribution is 0.202. The summed E-state index contributed by atoms with van der Waals surface area (Å²) < 4.78 is 2.32. The number of nitrogens with zero attached hydrogens (tertiary/aromatic N) is 1. The fourth-order valence-electron chi connectivity index (χ4n) is 2.82. The molecule has 0 saturated carbocycles. The predicted molar refractivity (Wildman–Crippen MR) is 78.1 cm³/mol. The lowest BCUT2D eigenvalue weighted by atomic mass is 10.1. The smallest absolute Gasteiger partial charge is 0.0796 e. The Kier molecular flexibility index (Phi) is 3.46. The fraction of sp³-hybridized carbons (Fsp3) is 0.538. The normalized spacial score (nSPS) is 24.5. The number of nitrogens with one attached hydrogen (secondary N) is 1. The number of fused-ring (bicyclic) bond motifs is 2. The molecule has 4 heteroatoms. The summed E-state index contributed by atoms with van der Waals surface area (Å²) in [6, 6.07) is 4.35. The molecule has 0 bridgehead atoms. The monoisotopic (exact) mass is 358 g/mol. The molecule has 1 saturated heterocycles. The molecule has 1 N–H and O–H groups in total. The molecule has 0 amide bonds. The van der Waals surface area contributed by atoms with Crippen LogP contribution in [0.3, 0.4) is 0 Å². The van der Waals surface area contributed by atoms with E-state index in [1.807, 2.05) is 0 Å². The topological polar surface area (TPSA) is 15.3 Å². The number of hydrogen-bond acceptors (Lipinski definition) is 2. The van der Waals surface area contributed by atoms with Crippen LogP contribution in [-0.2, 0) is 6.54 Å². The summed E-state index contributed by atoms with van der Waals surface area (Å²) in [5.41, 5.74) is 2.68. The molecule has 0 radical (unpaired) electrons. The van der Waals surface area contributed by atoms with Crippen molar-refractivity contribution in [2.24, 2.45) is 0 Å². The van der Waals surface area contributed by atoms with Crippen LogP contribution in [0.5, 0.6) is 0 Å². The van der Waals surface area contributed by atoms with Gasteiger partial charge < -0.3 is 5.32 Å². The molecule has 2 heterocycles. The number of hydrogen-bond donors (Lipinski definition) is 1. The van der Waals surface area contributed by atoms with Crippen molar-refractivity contribution in [2.75, 3.05) is 11.9 Å². The maximum Gasteiger partial charge on any atom is 0.0796 e. The molecule has 1 atom stereocenters.